The Morgan fingerprint density at radius 3 is 2.79 bits per heavy atom. The minimum Gasteiger partial charge on any atom is -0.308 e. The summed E-state index contributed by atoms with van der Waals surface area (Å²) in [6.07, 6.45) is 3.47. The molecule has 19 heavy (non-hydrogen) atoms. The summed E-state index contributed by atoms with van der Waals surface area (Å²) in [5.41, 5.74) is 4.72. The molecule has 0 unspecified atom stereocenters. The van der Waals surface area contributed by atoms with Gasteiger partial charge in [0.1, 0.15) is 4.83 Å². The second kappa shape index (κ2) is 4.56. The van der Waals surface area contributed by atoms with Crippen molar-refractivity contribution in [3.05, 3.63) is 35.0 Å². The topological polar surface area (TPSA) is 76.7 Å². The van der Waals surface area contributed by atoms with Gasteiger partial charge in [-0.1, -0.05) is 0 Å². The van der Waals surface area contributed by atoms with Crippen LogP contribution in [0.25, 0.3) is 21.6 Å². The van der Waals surface area contributed by atoms with Crippen molar-refractivity contribution in [2.75, 3.05) is 5.43 Å². The van der Waals surface area contributed by atoms with E-state index in [1.807, 2.05) is 12.1 Å². The molecule has 0 saturated heterocycles. The molecule has 0 aliphatic carbocycles. The van der Waals surface area contributed by atoms with Crippen LogP contribution in [0.15, 0.2) is 24.5 Å². The number of aryl methyl sites for hydroxylation is 2. The molecule has 0 bridgehead atoms. The third kappa shape index (κ3) is 1.94. The van der Waals surface area contributed by atoms with Crippen molar-refractivity contribution in [3.8, 4) is 11.4 Å². The maximum Gasteiger partial charge on any atom is 0.164 e. The van der Waals surface area contributed by atoms with Gasteiger partial charge in [0.05, 0.1) is 5.39 Å². The molecule has 6 heteroatoms. The summed E-state index contributed by atoms with van der Waals surface area (Å²) in [6.45, 7) is 4.13. The van der Waals surface area contributed by atoms with Crippen LogP contribution in [0.1, 0.15) is 10.4 Å². The predicted octanol–water partition coefficient (Wildman–Crippen LogP) is 2.66. The fourth-order valence-electron chi connectivity index (χ4n) is 1.98. The van der Waals surface area contributed by atoms with Gasteiger partial charge in [0, 0.05) is 22.8 Å². The number of pyridine rings is 1. The van der Waals surface area contributed by atoms with Crippen LogP contribution in [-0.2, 0) is 0 Å². The number of thiophene rings is 1. The Hall–Kier alpha value is -2.05. The smallest absolute Gasteiger partial charge is 0.164 e. The van der Waals surface area contributed by atoms with Gasteiger partial charge < -0.3 is 5.43 Å². The number of rotatable bonds is 2. The molecule has 0 aromatic carbocycles. The molecule has 0 fully saturated rings. The quantitative estimate of drug-likeness (QED) is 0.553. The van der Waals surface area contributed by atoms with Gasteiger partial charge in [-0.25, -0.2) is 15.8 Å². The molecule has 0 saturated carbocycles. The van der Waals surface area contributed by atoms with Gasteiger partial charge in [0.2, 0.25) is 0 Å². The van der Waals surface area contributed by atoms with E-state index >= 15 is 0 Å². The largest absolute Gasteiger partial charge is 0.308 e. The molecule has 3 N–H and O–H groups in total. The first kappa shape index (κ1) is 12.0. The van der Waals surface area contributed by atoms with Crippen molar-refractivity contribution in [2.24, 2.45) is 5.84 Å². The molecule has 3 aromatic rings. The lowest BCUT2D eigenvalue weighted by Gasteiger charge is -2.05. The zero-order valence-corrected chi connectivity index (χ0v) is 11.5. The molecule has 5 nitrogen and oxygen atoms in total. The third-order valence-corrected chi connectivity index (χ3v) is 4.19. The van der Waals surface area contributed by atoms with Crippen LogP contribution in [0.4, 0.5) is 5.82 Å². The average Bonchev–Trinajstić information content (AvgIpc) is 2.74. The highest BCUT2D eigenvalue weighted by Gasteiger charge is 2.14. The number of nitrogens with one attached hydrogen (secondary N) is 1. The molecule has 0 aliphatic rings. The summed E-state index contributed by atoms with van der Waals surface area (Å²) in [4.78, 5) is 15.3. The molecule has 3 heterocycles. The van der Waals surface area contributed by atoms with Gasteiger partial charge in [-0.2, -0.15) is 0 Å². The van der Waals surface area contributed by atoms with Crippen molar-refractivity contribution < 1.29 is 0 Å². The Balaban J connectivity index is 2.29. The number of nitrogens with two attached hydrogens (primary N) is 1. The van der Waals surface area contributed by atoms with Crippen LogP contribution in [0.5, 0.6) is 0 Å². The van der Waals surface area contributed by atoms with Gasteiger partial charge in [-0.3, -0.25) is 4.98 Å². The molecule has 3 rings (SSSR count). The molecule has 0 amide bonds. The SMILES string of the molecule is Cc1sc2nc(-c3cccnc3)nc(NN)c2c1C. The van der Waals surface area contributed by atoms with Crippen molar-refractivity contribution in [3.63, 3.8) is 0 Å². The van der Waals surface area contributed by atoms with Crippen molar-refractivity contribution in [1.82, 2.24) is 15.0 Å². The molecule has 0 atom stereocenters. The molecule has 3 aromatic heterocycles. The number of hydrazine groups is 1. The summed E-state index contributed by atoms with van der Waals surface area (Å²) in [6, 6.07) is 3.80. The van der Waals surface area contributed by atoms with Gasteiger partial charge >= 0.3 is 0 Å². The second-order valence-electron chi connectivity index (χ2n) is 4.25. The predicted molar refractivity (Wildman–Crippen MR) is 77.9 cm³/mol. The molecule has 0 radical (unpaired) electrons. The zero-order chi connectivity index (χ0) is 13.4. The summed E-state index contributed by atoms with van der Waals surface area (Å²) in [5.74, 6) is 6.88. The highest BCUT2D eigenvalue weighted by atomic mass is 32.1. The van der Waals surface area contributed by atoms with Crippen LogP contribution in [0.3, 0.4) is 0 Å². The van der Waals surface area contributed by atoms with E-state index < -0.39 is 0 Å². The van der Waals surface area contributed by atoms with Crippen molar-refractivity contribution >= 4 is 27.4 Å². The number of anilines is 1. The van der Waals surface area contributed by atoms with Crippen molar-refractivity contribution in [2.45, 2.75) is 13.8 Å². The van der Waals surface area contributed by atoms with Gasteiger partial charge in [0.15, 0.2) is 11.6 Å². The minimum absolute atomic E-state index is 0.634. The fourth-order valence-corrected chi connectivity index (χ4v) is 3.01. The normalized spacial score (nSPS) is 10.9. The maximum atomic E-state index is 5.59. The third-order valence-electron chi connectivity index (χ3n) is 3.09. The first-order valence-corrected chi connectivity index (χ1v) is 6.67. The summed E-state index contributed by atoms with van der Waals surface area (Å²) >= 11 is 1.65. The van der Waals surface area contributed by atoms with E-state index in [1.54, 1.807) is 23.7 Å². The number of hydrogen-bond acceptors (Lipinski definition) is 6. The van der Waals surface area contributed by atoms with E-state index in [1.165, 1.54) is 10.4 Å². The van der Waals surface area contributed by atoms with E-state index in [9.17, 15) is 0 Å². The number of fused-ring (bicyclic) bond motifs is 1. The number of aromatic nitrogens is 3. The number of nitrogen functional groups attached to an aromatic ring is 1. The van der Waals surface area contributed by atoms with Gasteiger partial charge in [0.25, 0.3) is 0 Å². The van der Waals surface area contributed by atoms with Crippen LogP contribution in [-0.4, -0.2) is 15.0 Å². The summed E-state index contributed by atoms with van der Waals surface area (Å²) in [5, 5.41) is 0.998. The standard InChI is InChI=1S/C13H13N5S/c1-7-8(2)19-13-10(7)12(18-14)16-11(17-13)9-4-3-5-15-6-9/h3-6H,14H2,1-2H3,(H,16,17,18). The maximum absolute atomic E-state index is 5.59. The Bertz CT molecular complexity index is 736. The van der Waals surface area contributed by atoms with E-state index in [-0.39, 0.29) is 0 Å². The lowest BCUT2D eigenvalue weighted by molar-refractivity contribution is 1.18. The monoisotopic (exact) mass is 271 g/mol. The van der Waals surface area contributed by atoms with Crippen LogP contribution in [0, 0.1) is 13.8 Å². The molecule has 0 spiro atoms. The van der Waals surface area contributed by atoms with Crippen LogP contribution in [0.2, 0.25) is 0 Å². The minimum atomic E-state index is 0.634. The Labute approximate surface area is 114 Å². The number of hydrogen-bond donors (Lipinski definition) is 2. The second-order valence-corrected chi connectivity index (χ2v) is 5.45. The lowest BCUT2D eigenvalue weighted by Crippen LogP contribution is -2.10. The molecular weight excluding hydrogens is 258 g/mol. The van der Waals surface area contributed by atoms with Gasteiger partial charge in [-0.05, 0) is 31.5 Å². The Kier molecular flexibility index (Phi) is 2.88. The number of nitrogens with zero attached hydrogens (tertiary/aromatic N) is 3. The first-order valence-electron chi connectivity index (χ1n) is 5.85. The Morgan fingerprint density at radius 2 is 2.11 bits per heavy atom. The highest BCUT2D eigenvalue weighted by Crippen LogP contribution is 2.34. The molecule has 96 valence electrons. The van der Waals surface area contributed by atoms with E-state index in [0.717, 1.165) is 15.8 Å². The average molecular weight is 271 g/mol. The van der Waals surface area contributed by atoms with Crippen LogP contribution >= 0.6 is 11.3 Å². The molecular formula is C13H13N5S. The summed E-state index contributed by atoms with van der Waals surface area (Å²) in [7, 11) is 0. The van der Waals surface area contributed by atoms with E-state index in [2.05, 4.69) is 34.2 Å². The van der Waals surface area contributed by atoms with E-state index in [0.29, 0.717) is 11.6 Å². The molecule has 0 aliphatic heterocycles. The Morgan fingerprint density at radius 1 is 1.26 bits per heavy atom. The first-order chi connectivity index (χ1) is 9.20. The zero-order valence-electron chi connectivity index (χ0n) is 10.6. The van der Waals surface area contributed by atoms with Crippen molar-refractivity contribution in [1.29, 1.82) is 0 Å². The lowest BCUT2D eigenvalue weighted by atomic mass is 10.2. The summed E-state index contributed by atoms with van der Waals surface area (Å²) < 4.78 is 0. The van der Waals surface area contributed by atoms with E-state index in [4.69, 9.17) is 5.84 Å². The van der Waals surface area contributed by atoms with Gasteiger partial charge in [-0.15, -0.1) is 11.3 Å². The van der Waals surface area contributed by atoms with Crippen LogP contribution < -0.4 is 11.3 Å². The fraction of sp³-hybridized carbons (Fsp3) is 0.154. The highest BCUT2D eigenvalue weighted by molar-refractivity contribution is 7.18.